The van der Waals surface area contributed by atoms with Gasteiger partial charge in [-0.05, 0) is 6.92 Å². The number of carboxylic acids is 1. The van der Waals surface area contributed by atoms with E-state index in [2.05, 4.69) is 4.74 Å². The molecule has 0 radical (unpaired) electrons. The molecule has 8 nitrogen and oxygen atoms in total. The largest absolute Gasteiger partial charge is 0.480 e. The number of hydrogen-bond acceptors (Lipinski definition) is 6. The van der Waals surface area contributed by atoms with E-state index < -0.39 is 36.5 Å². The number of nitrogens with one attached hydrogen (secondary N) is 1. The van der Waals surface area contributed by atoms with Crippen molar-refractivity contribution in [3.63, 3.8) is 0 Å². The zero-order valence-electron chi connectivity index (χ0n) is 9.38. The highest BCUT2D eigenvalue weighted by Crippen LogP contribution is 1.94. The number of aliphatic carboxylic acids is 1. The maximum atomic E-state index is 11.4. The van der Waals surface area contributed by atoms with Gasteiger partial charge in [-0.25, -0.2) is 9.59 Å². The maximum absolute atomic E-state index is 11.4. The lowest BCUT2D eigenvalue weighted by molar-refractivity contribution is -0.150. The summed E-state index contributed by atoms with van der Waals surface area (Å²) in [6.45, 7) is 1.21. The van der Waals surface area contributed by atoms with Gasteiger partial charge in [0.15, 0.2) is 6.04 Å². The highest BCUT2D eigenvalue weighted by atomic mass is 16.5. The van der Waals surface area contributed by atoms with Gasteiger partial charge in [-0.15, -0.1) is 0 Å². The molecular weight excluding hydrogens is 232 g/mol. The van der Waals surface area contributed by atoms with Crippen molar-refractivity contribution >= 4 is 17.8 Å². The van der Waals surface area contributed by atoms with Gasteiger partial charge in [0, 0.05) is 13.0 Å². The zero-order valence-corrected chi connectivity index (χ0v) is 9.38. The van der Waals surface area contributed by atoms with Crippen LogP contribution >= 0.6 is 0 Å². The van der Waals surface area contributed by atoms with Gasteiger partial charge in [0.1, 0.15) is 6.04 Å². The Kier molecular flexibility index (Phi) is 6.83. The van der Waals surface area contributed by atoms with Gasteiger partial charge in [0.25, 0.3) is 0 Å². The van der Waals surface area contributed by atoms with Crippen LogP contribution in [0.4, 0.5) is 0 Å². The van der Waals surface area contributed by atoms with E-state index in [0.29, 0.717) is 0 Å². The average Bonchev–Trinajstić information content (AvgIpc) is 2.27. The number of hydrogen-bond donors (Lipinski definition) is 4. The van der Waals surface area contributed by atoms with Crippen LogP contribution in [0.3, 0.4) is 0 Å². The van der Waals surface area contributed by atoms with Crippen molar-refractivity contribution in [2.75, 3.05) is 13.2 Å². The Morgan fingerprint density at radius 2 is 2.00 bits per heavy atom. The van der Waals surface area contributed by atoms with E-state index >= 15 is 0 Å². The van der Waals surface area contributed by atoms with Crippen LogP contribution in [-0.4, -0.2) is 53.4 Å². The SMILES string of the molecule is CCOC(=O)C(N)C(=O)NC(CCO)C(=O)O. The first-order valence-electron chi connectivity index (χ1n) is 5.00. The van der Waals surface area contributed by atoms with Crippen LogP contribution in [0.5, 0.6) is 0 Å². The van der Waals surface area contributed by atoms with Crippen molar-refractivity contribution in [2.24, 2.45) is 5.73 Å². The fourth-order valence-electron chi connectivity index (χ4n) is 0.987. The smallest absolute Gasteiger partial charge is 0.332 e. The van der Waals surface area contributed by atoms with Crippen LogP contribution in [0.15, 0.2) is 0 Å². The Hall–Kier alpha value is -1.67. The van der Waals surface area contributed by atoms with Gasteiger partial charge in [-0.2, -0.15) is 0 Å². The zero-order chi connectivity index (χ0) is 13.4. The Bertz CT molecular complexity index is 293. The first-order chi connectivity index (χ1) is 7.93. The van der Waals surface area contributed by atoms with Crippen LogP contribution in [0.25, 0.3) is 0 Å². The Balaban J connectivity index is 4.39. The molecule has 8 heteroatoms. The summed E-state index contributed by atoms with van der Waals surface area (Å²) in [5.74, 6) is -3.20. The molecule has 0 spiro atoms. The Morgan fingerprint density at radius 1 is 1.41 bits per heavy atom. The summed E-state index contributed by atoms with van der Waals surface area (Å²) in [5, 5.41) is 19.3. The van der Waals surface area contributed by atoms with Gasteiger partial charge in [-0.1, -0.05) is 0 Å². The van der Waals surface area contributed by atoms with Gasteiger partial charge < -0.3 is 26.0 Å². The molecule has 0 bridgehead atoms. The predicted octanol–water partition coefficient (Wildman–Crippen LogP) is -2.17. The molecular formula is C9H16N2O6. The molecule has 0 aliphatic heterocycles. The van der Waals surface area contributed by atoms with E-state index in [9.17, 15) is 14.4 Å². The van der Waals surface area contributed by atoms with Crippen molar-refractivity contribution in [3.8, 4) is 0 Å². The fourth-order valence-corrected chi connectivity index (χ4v) is 0.987. The first-order valence-corrected chi connectivity index (χ1v) is 5.00. The summed E-state index contributed by atoms with van der Waals surface area (Å²) in [7, 11) is 0. The number of carbonyl (C=O) groups is 3. The molecule has 2 atom stereocenters. The average molecular weight is 248 g/mol. The van der Waals surface area contributed by atoms with Gasteiger partial charge in [0.05, 0.1) is 6.61 Å². The molecule has 0 aliphatic carbocycles. The van der Waals surface area contributed by atoms with Crippen LogP contribution in [0.2, 0.25) is 0 Å². The van der Waals surface area contributed by atoms with Crippen LogP contribution in [-0.2, 0) is 19.1 Å². The number of esters is 1. The Labute approximate surface area is 97.7 Å². The minimum Gasteiger partial charge on any atom is -0.480 e. The van der Waals surface area contributed by atoms with Crippen LogP contribution in [0, 0.1) is 0 Å². The number of carboxylic acid groups (broad SMARTS) is 1. The minimum absolute atomic E-state index is 0.0683. The van der Waals surface area contributed by atoms with Crippen molar-refractivity contribution in [1.29, 1.82) is 0 Å². The molecule has 0 aromatic rings. The summed E-state index contributed by atoms with van der Waals surface area (Å²) in [5.41, 5.74) is 5.25. The van der Waals surface area contributed by atoms with E-state index in [0.717, 1.165) is 0 Å². The summed E-state index contributed by atoms with van der Waals surface area (Å²) < 4.78 is 4.51. The second-order valence-corrected chi connectivity index (χ2v) is 3.14. The van der Waals surface area contributed by atoms with Gasteiger partial charge in [-0.3, -0.25) is 4.79 Å². The van der Waals surface area contributed by atoms with E-state index in [1.807, 2.05) is 5.32 Å². The molecule has 5 N–H and O–H groups in total. The second kappa shape index (κ2) is 7.58. The summed E-state index contributed by atoms with van der Waals surface area (Å²) in [6, 6.07) is -2.86. The highest BCUT2D eigenvalue weighted by molar-refractivity contribution is 6.02. The van der Waals surface area contributed by atoms with E-state index in [4.69, 9.17) is 15.9 Å². The van der Waals surface area contributed by atoms with Gasteiger partial charge in [0.2, 0.25) is 5.91 Å². The van der Waals surface area contributed by atoms with Crippen LogP contribution in [0.1, 0.15) is 13.3 Å². The maximum Gasteiger partial charge on any atom is 0.332 e. The van der Waals surface area contributed by atoms with E-state index in [1.54, 1.807) is 6.92 Å². The number of amides is 1. The second-order valence-electron chi connectivity index (χ2n) is 3.14. The Morgan fingerprint density at radius 3 is 2.41 bits per heavy atom. The third-order valence-corrected chi connectivity index (χ3v) is 1.86. The molecule has 0 heterocycles. The molecule has 0 fully saturated rings. The number of aliphatic hydroxyl groups excluding tert-OH is 1. The van der Waals surface area contributed by atoms with E-state index in [-0.39, 0.29) is 13.0 Å². The molecule has 0 aromatic carbocycles. The summed E-state index contributed by atoms with van der Waals surface area (Å²) in [4.78, 5) is 33.1. The number of carbonyl (C=O) groups excluding carboxylic acids is 2. The molecule has 0 saturated carbocycles. The van der Waals surface area contributed by atoms with E-state index in [1.165, 1.54) is 0 Å². The van der Waals surface area contributed by atoms with Gasteiger partial charge >= 0.3 is 11.9 Å². The molecule has 0 saturated heterocycles. The monoisotopic (exact) mass is 248 g/mol. The number of rotatable bonds is 7. The molecule has 1 amide bonds. The normalized spacial score (nSPS) is 13.6. The standard InChI is InChI=1S/C9H16N2O6/c1-2-17-9(16)6(10)7(13)11-5(3-4-12)8(14)15/h5-6,12H,2-4,10H2,1H3,(H,11,13)(H,14,15). The molecule has 17 heavy (non-hydrogen) atoms. The molecule has 2 unspecified atom stereocenters. The van der Waals surface area contributed by atoms with Crippen molar-refractivity contribution < 1.29 is 29.3 Å². The lowest BCUT2D eigenvalue weighted by atomic mass is 10.2. The topological polar surface area (TPSA) is 139 Å². The fraction of sp³-hybridized carbons (Fsp3) is 0.667. The molecule has 0 aliphatic rings. The molecule has 0 aromatic heterocycles. The lowest BCUT2D eigenvalue weighted by Crippen LogP contribution is -2.52. The third-order valence-electron chi connectivity index (χ3n) is 1.86. The summed E-state index contributed by atoms with van der Waals surface area (Å²) in [6.07, 6.45) is -0.170. The number of aliphatic hydroxyl groups is 1. The minimum atomic E-state index is -1.57. The summed E-state index contributed by atoms with van der Waals surface area (Å²) >= 11 is 0. The van der Waals surface area contributed by atoms with Crippen molar-refractivity contribution in [3.05, 3.63) is 0 Å². The molecule has 0 rings (SSSR count). The number of nitrogens with two attached hydrogens (primary N) is 1. The lowest BCUT2D eigenvalue weighted by Gasteiger charge is -2.16. The first kappa shape index (κ1) is 15.3. The quantitative estimate of drug-likeness (QED) is 0.297. The molecule has 98 valence electrons. The van der Waals surface area contributed by atoms with Crippen molar-refractivity contribution in [2.45, 2.75) is 25.4 Å². The predicted molar refractivity (Wildman–Crippen MR) is 55.9 cm³/mol. The number of ether oxygens (including phenoxy) is 1. The van der Waals surface area contributed by atoms with Crippen molar-refractivity contribution in [1.82, 2.24) is 5.32 Å². The highest BCUT2D eigenvalue weighted by Gasteiger charge is 2.27. The van der Waals surface area contributed by atoms with Crippen LogP contribution < -0.4 is 11.1 Å². The third kappa shape index (κ3) is 5.27.